The SMILES string of the molecule is C=C(CC)CC(CC)(C(=O)O)c1ccccc1. The molecule has 0 amide bonds. The van der Waals surface area contributed by atoms with Crippen LogP contribution in [0.2, 0.25) is 0 Å². The first kappa shape index (κ1) is 13.5. The first-order valence-corrected chi connectivity index (χ1v) is 6.02. The molecule has 0 radical (unpaired) electrons. The number of carboxylic acid groups (broad SMARTS) is 1. The van der Waals surface area contributed by atoms with Crippen molar-refractivity contribution < 1.29 is 9.90 Å². The molecule has 0 aliphatic heterocycles. The molecule has 2 nitrogen and oxygen atoms in total. The molecule has 1 rings (SSSR count). The molecular formula is C15H20O2. The number of carbonyl (C=O) groups is 1. The molecule has 17 heavy (non-hydrogen) atoms. The van der Waals surface area contributed by atoms with Gasteiger partial charge in [0.1, 0.15) is 0 Å². The zero-order chi connectivity index (χ0) is 12.9. The highest BCUT2D eigenvalue weighted by atomic mass is 16.4. The minimum Gasteiger partial charge on any atom is -0.481 e. The second kappa shape index (κ2) is 5.67. The molecule has 0 aromatic heterocycles. The lowest BCUT2D eigenvalue weighted by molar-refractivity contribution is -0.144. The van der Waals surface area contributed by atoms with Gasteiger partial charge in [-0.05, 0) is 24.8 Å². The van der Waals surface area contributed by atoms with Crippen molar-refractivity contribution >= 4 is 5.97 Å². The van der Waals surface area contributed by atoms with Crippen molar-refractivity contribution in [2.24, 2.45) is 0 Å². The van der Waals surface area contributed by atoms with Gasteiger partial charge in [0.15, 0.2) is 0 Å². The Morgan fingerprint density at radius 2 is 1.88 bits per heavy atom. The van der Waals surface area contributed by atoms with Gasteiger partial charge in [-0.3, -0.25) is 4.79 Å². The number of aliphatic carboxylic acids is 1. The van der Waals surface area contributed by atoms with Crippen LogP contribution >= 0.6 is 0 Å². The maximum absolute atomic E-state index is 11.7. The molecule has 0 saturated heterocycles. The van der Waals surface area contributed by atoms with Gasteiger partial charge < -0.3 is 5.11 Å². The normalized spacial score (nSPS) is 14.0. The van der Waals surface area contributed by atoms with Gasteiger partial charge in [-0.15, -0.1) is 0 Å². The molecule has 0 aliphatic carbocycles. The van der Waals surface area contributed by atoms with E-state index >= 15 is 0 Å². The first-order chi connectivity index (χ1) is 8.06. The summed E-state index contributed by atoms with van der Waals surface area (Å²) in [6, 6.07) is 9.45. The number of hydrogen-bond donors (Lipinski definition) is 1. The van der Waals surface area contributed by atoms with Crippen LogP contribution in [0.4, 0.5) is 0 Å². The molecule has 0 heterocycles. The minimum atomic E-state index is -0.825. The maximum atomic E-state index is 11.7. The van der Waals surface area contributed by atoms with Crippen molar-refractivity contribution in [3.05, 3.63) is 48.0 Å². The van der Waals surface area contributed by atoms with Gasteiger partial charge >= 0.3 is 5.97 Å². The van der Waals surface area contributed by atoms with E-state index in [2.05, 4.69) is 6.58 Å². The lowest BCUT2D eigenvalue weighted by Crippen LogP contribution is -2.35. The van der Waals surface area contributed by atoms with Crippen LogP contribution in [0.15, 0.2) is 42.5 Å². The van der Waals surface area contributed by atoms with Crippen molar-refractivity contribution in [2.75, 3.05) is 0 Å². The van der Waals surface area contributed by atoms with Crippen LogP contribution in [0.5, 0.6) is 0 Å². The van der Waals surface area contributed by atoms with Crippen LogP contribution in [-0.4, -0.2) is 11.1 Å². The van der Waals surface area contributed by atoms with Crippen LogP contribution in [0.25, 0.3) is 0 Å². The Balaban J connectivity index is 3.18. The minimum absolute atomic E-state index is 0.513. The van der Waals surface area contributed by atoms with Crippen molar-refractivity contribution in [2.45, 2.75) is 38.5 Å². The van der Waals surface area contributed by atoms with Gasteiger partial charge in [0.05, 0.1) is 5.41 Å². The van der Waals surface area contributed by atoms with Crippen LogP contribution in [-0.2, 0) is 10.2 Å². The summed E-state index contributed by atoms with van der Waals surface area (Å²) in [6.45, 7) is 7.88. The van der Waals surface area contributed by atoms with Crippen LogP contribution in [0.1, 0.15) is 38.7 Å². The van der Waals surface area contributed by atoms with E-state index in [0.29, 0.717) is 12.8 Å². The third kappa shape index (κ3) is 2.76. The number of carboxylic acids is 1. The largest absolute Gasteiger partial charge is 0.481 e. The summed E-state index contributed by atoms with van der Waals surface area (Å²) in [6.07, 6.45) is 1.91. The summed E-state index contributed by atoms with van der Waals surface area (Å²) in [5.74, 6) is -0.763. The second-order valence-corrected chi connectivity index (χ2v) is 4.39. The zero-order valence-corrected chi connectivity index (χ0v) is 10.6. The van der Waals surface area contributed by atoms with Crippen LogP contribution in [0, 0.1) is 0 Å². The fraction of sp³-hybridized carbons (Fsp3) is 0.400. The van der Waals surface area contributed by atoms with Crippen LogP contribution in [0.3, 0.4) is 0 Å². The first-order valence-electron chi connectivity index (χ1n) is 6.02. The molecule has 0 fully saturated rings. The predicted octanol–water partition coefficient (Wildman–Crippen LogP) is 3.78. The van der Waals surface area contributed by atoms with Crippen molar-refractivity contribution in [3.8, 4) is 0 Å². The number of benzene rings is 1. The number of rotatable bonds is 6. The third-order valence-corrected chi connectivity index (χ3v) is 3.39. The molecule has 1 unspecified atom stereocenters. The summed E-state index contributed by atoms with van der Waals surface area (Å²) in [4.78, 5) is 11.7. The number of allylic oxidation sites excluding steroid dienone is 1. The Hall–Kier alpha value is -1.57. The van der Waals surface area contributed by atoms with Gasteiger partial charge in [0.25, 0.3) is 0 Å². The van der Waals surface area contributed by atoms with Gasteiger partial charge in [-0.1, -0.05) is 56.3 Å². The monoisotopic (exact) mass is 232 g/mol. The van der Waals surface area contributed by atoms with E-state index in [1.54, 1.807) is 0 Å². The van der Waals surface area contributed by atoms with E-state index in [1.807, 2.05) is 44.2 Å². The van der Waals surface area contributed by atoms with Gasteiger partial charge in [-0.25, -0.2) is 0 Å². The summed E-state index contributed by atoms with van der Waals surface area (Å²) >= 11 is 0. The van der Waals surface area contributed by atoms with Gasteiger partial charge in [0, 0.05) is 0 Å². The van der Waals surface area contributed by atoms with Gasteiger partial charge in [-0.2, -0.15) is 0 Å². The Morgan fingerprint density at radius 3 is 2.29 bits per heavy atom. The van der Waals surface area contributed by atoms with Crippen molar-refractivity contribution in [1.29, 1.82) is 0 Å². The highest BCUT2D eigenvalue weighted by Crippen LogP contribution is 2.35. The number of hydrogen-bond acceptors (Lipinski definition) is 1. The van der Waals surface area contributed by atoms with E-state index in [4.69, 9.17) is 0 Å². The molecule has 1 atom stereocenters. The molecule has 0 spiro atoms. The van der Waals surface area contributed by atoms with E-state index in [9.17, 15) is 9.90 Å². The zero-order valence-electron chi connectivity index (χ0n) is 10.6. The molecule has 92 valence electrons. The Labute approximate surface area is 103 Å². The van der Waals surface area contributed by atoms with E-state index < -0.39 is 11.4 Å². The average molecular weight is 232 g/mol. The molecular weight excluding hydrogens is 212 g/mol. The van der Waals surface area contributed by atoms with Crippen LogP contribution < -0.4 is 0 Å². The van der Waals surface area contributed by atoms with E-state index in [-0.39, 0.29) is 0 Å². The lowest BCUT2D eigenvalue weighted by atomic mass is 9.73. The fourth-order valence-corrected chi connectivity index (χ4v) is 2.09. The fourth-order valence-electron chi connectivity index (χ4n) is 2.09. The lowest BCUT2D eigenvalue weighted by Gasteiger charge is -2.29. The molecule has 0 saturated carbocycles. The molecule has 1 aromatic rings. The van der Waals surface area contributed by atoms with E-state index in [0.717, 1.165) is 17.6 Å². The summed E-state index contributed by atoms with van der Waals surface area (Å²) < 4.78 is 0. The summed E-state index contributed by atoms with van der Waals surface area (Å²) in [5.41, 5.74) is 1.02. The molecule has 1 aromatic carbocycles. The third-order valence-electron chi connectivity index (χ3n) is 3.39. The molecule has 0 aliphatic rings. The molecule has 2 heteroatoms. The molecule has 1 N–H and O–H groups in total. The highest BCUT2D eigenvalue weighted by Gasteiger charge is 2.38. The Kier molecular flexibility index (Phi) is 4.50. The maximum Gasteiger partial charge on any atom is 0.314 e. The topological polar surface area (TPSA) is 37.3 Å². The van der Waals surface area contributed by atoms with Gasteiger partial charge in [0.2, 0.25) is 0 Å². The summed E-state index contributed by atoms with van der Waals surface area (Å²) in [7, 11) is 0. The highest BCUT2D eigenvalue weighted by molar-refractivity contribution is 5.81. The summed E-state index contributed by atoms with van der Waals surface area (Å²) in [5, 5.41) is 9.58. The Bertz CT molecular complexity index is 395. The second-order valence-electron chi connectivity index (χ2n) is 4.39. The van der Waals surface area contributed by atoms with Crippen molar-refractivity contribution in [3.63, 3.8) is 0 Å². The van der Waals surface area contributed by atoms with E-state index in [1.165, 1.54) is 0 Å². The standard InChI is InChI=1S/C15H20O2/c1-4-12(3)11-15(5-2,14(16)17)13-9-7-6-8-10-13/h6-10H,3-5,11H2,1-2H3,(H,16,17). The Morgan fingerprint density at radius 1 is 1.29 bits per heavy atom. The molecule has 0 bridgehead atoms. The van der Waals surface area contributed by atoms with Crippen molar-refractivity contribution in [1.82, 2.24) is 0 Å². The predicted molar refractivity (Wildman–Crippen MR) is 70.1 cm³/mol. The smallest absolute Gasteiger partial charge is 0.314 e. The quantitative estimate of drug-likeness (QED) is 0.758. The average Bonchev–Trinajstić information content (AvgIpc) is 2.36.